The van der Waals surface area contributed by atoms with Crippen LogP contribution in [0.1, 0.15) is 0 Å². The highest BCUT2D eigenvalue weighted by Crippen LogP contribution is 2.46. The molecular formula is C7H4F12. The second-order valence-corrected chi connectivity index (χ2v) is 2.09. The lowest BCUT2D eigenvalue weighted by Crippen LogP contribution is -2.49. The zero-order valence-electron chi connectivity index (χ0n) is 8.45. The van der Waals surface area contributed by atoms with Gasteiger partial charge in [0.15, 0.2) is 0 Å². The minimum Gasteiger partial charge on any atom is -0.186 e. The van der Waals surface area contributed by atoms with Crippen LogP contribution in [0.5, 0.6) is 0 Å². The second kappa shape index (κ2) is 7.94. The molecular weight excluding hydrogens is 312 g/mol. The van der Waals surface area contributed by atoms with Crippen LogP contribution in [0.3, 0.4) is 0 Å². The molecule has 0 heterocycles. The lowest BCUT2D eigenvalue weighted by atomic mass is 10.3. The highest BCUT2D eigenvalue weighted by atomic mass is 19.5. The fraction of sp³-hybridized carbons (Fsp3) is 0.429. The summed E-state index contributed by atoms with van der Waals surface area (Å²) in [5.41, 5.74) is 0. The summed E-state index contributed by atoms with van der Waals surface area (Å²) in [5.74, 6) is -6.62. The maximum Gasteiger partial charge on any atom is 0.463 e. The van der Waals surface area contributed by atoms with Gasteiger partial charge in [0.25, 0.3) is 0 Å². The Bertz CT molecular complexity index is 247. The third kappa shape index (κ3) is 8.37. The zero-order valence-corrected chi connectivity index (χ0v) is 8.45. The monoisotopic (exact) mass is 316 g/mol. The molecule has 0 aromatic heterocycles. The van der Waals surface area contributed by atoms with Crippen LogP contribution < -0.4 is 0 Å². The standard InChI is InChI=1S/C3F8.C2F4.C2H4/c4-1(5,2(6,7)8)3(9,10)11;3-1(4)2(5)6;1-2/h;;1-2H2. The first kappa shape index (κ1) is 22.8. The molecule has 0 saturated carbocycles. The van der Waals surface area contributed by atoms with Gasteiger partial charge in [-0.3, -0.25) is 0 Å². The van der Waals surface area contributed by atoms with Crippen molar-refractivity contribution in [2.24, 2.45) is 0 Å². The summed E-state index contributed by atoms with van der Waals surface area (Å²) in [7, 11) is 0. The molecule has 0 nitrogen and oxygen atoms in total. The van der Waals surface area contributed by atoms with E-state index in [0.29, 0.717) is 0 Å². The minimum atomic E-state index is -6.62. The van der Waals surface area contributed by atoms with Gasteiger partial charge >= 0.3 is 30.4 Å². The van der Waals surface area contributed by atoms with Gasteiger partial charge in [0.1, 0.15) is 0 Å². The first-order valence-corrected chi connectivity index (χ1v) is 3.52. The van der Waals surface area contributed by atoms with E-state index < -0.39 is 30.4 Å². The summed E-state index contributed by atoms with van der Waals surface area (Å²) in [6.07, 6.45) is -19.0. The van der Waals surface area contributed by atoms with Crippen molar-refractivity contribution in [2.45, 2.75) is 18.3 Å². The van der Waals surface area contributed by atoms with Crippen LogP contribution in [0.15, 0.2) is 25.3 Å². The highest BCUT2D eigenvalue weighted by molar-refractivity contribution is 4.83. The molecule has 0 aromatic carbocycles. The average molecular weight is 316 g/mol. The van der Waals surface area contributed by atoms with Crippen molar-refractivity contribution in [2.75, 3.05) is 0 Å². The molecule has 19 heavy (non-hydrogen) atoms. The molecule has 0 N–H and O–H groups in total. The molecule has 0 amide bonds. The molecule has 0 aliphatic carbocycles. The lowest BCUT2D eigenvalue weighted by Gasteiger charge is -2.21. The molecule has 0 fully saturated rings. The first-order chi connectivity index (χ1) is 8.14. The fourth-order valence-electron chi connectivity index (χ4n) is 0.161. The maximum atomic E-state index is 11.2. The highest BCUT2D eigenvalue weighted by Gasteiger charge is 2.74. The van der Waals surface area contributed by atoms with Crippen LogP contribution in [0, 0.1) is 0 Å². The van der Waals surface area contributed by atoms with Gasteiger partial charge in [0.2, 0.25) is 0 Å². The zero-order chi connectivity index (χ0) is 16.7. The van der Waals surface area contributed by atoms with Gasteiger partial charge in [0.05, 0.1) is 0 Å². The topological polar surface area (TPSA) is 0 Å². The molecule has 116 valence electrons. The summed E-state index contributed by atoms with van der Waals surface area (Å²) in [6, 6.07) is 0. The molecule has 0 radical (unpaired) electrons. The van der Waals surface area contributed by atoms with E-state index in [0.717, 1.165) is 0 Å². The third-order valence-corrected chi connectivity index (χ3v) is 0.855. The van der Waals surface area contributed by atoms with Crippen LogP contribution in [0.25, 0.3) is 0 Å². The molecule has 0 aromatic rings. The van der Waals surface area contributed by atoms with E-state index in [1.807, 2.05) is 0 Å². The molecule has 0 unspecified atom stereocenters. The molecule has 0 rings (SSSR count). The predicted molar refractivity (Wildman–Crippen MR) is 39.8 cm³/mol. The normalized spacial score (nSPS) is 11.6. The Labute approximate surface area is 97.5 Å². The Balaban J connectivity index is -0.000000271. The van der Waals surface area contributed by atoms with Crippen molar-refractivity contribution >= 4 is 0 Å². The molecule has 0 bridgehead atoms. The maximum absolute atomic E-state index is 11.2. The Morgan fingerprint density at radius 3 is 0.684 bits per heavy atom. The van der Waals surface area contributed by atoms with Gasteiger partial charge < -0.3 is 0 Å². The molecule has 12 heteroatoms. The van der Waals surface area contributed by atoms with E-state index in [1.165, 1.54) is 0 Å². The molecule has 0 aliphatic heterocycles. The predicted octanol–water partition coefficient (Wildman–Crippen LogP) is 5.54. The van der Waals surface area contributed by atoms with Gasteiger partial charge in [-0.05, 0) is 0 Å². The molecule has 0 aliphatic rings. The van der Waals surface area contributed by atoms with Crippen molar-refractivity contribution in [3.8, 4) is 0 Å². The number of hydrogen-bond donors (Lipinski definition) is 0. The van der Waals surface area contributed by atoms with Crippen molar-refractivity contribution in [1.82, 2.24) is 0 Å². The first-order valence-electron chi connectivity index (χ1n) is 3.52. The minimum absolute atomic E-state index is 2.91. The second-order valence-electron chi connectivity index (χ2n) is 2.09. The fourth-order valence-corrected chi connectivity index (χ4v) is 0.161. The summed E-state index contributed by atoms with van der Waals surface area (Å²) < 4.78 is 129. The quantitative estimate of drug-likeness (QED) is 0.406. The van der Waals surface area contributed by atoms with E-state index in [9.17, 15) is 52.7 Å². The van der Waals surface area contributed by atoms with Crippen molar-refractivity contribution in [3.63, 3.8) is 0 Å². The van der Waals surface area contributed by atoms with E-state index in [2.05, 4.69) is 13.2 Å². The van der Waals surface area contributed by atoms with Gasteiger partial charge in [-0.1, -0.05) is 0 Å². The summed E-state index contributed by atoms with van der Waals surface area (Å²) in [5, 5.41) is 0. The van der Waals surface area contributed by atoms with Gasteiger partial charge in [-0.25, -0.2) is 0 Å². The van der Waals surface area contributed by atoms with Crippen LogP contribution in [-0.2, 0) is 0 Å². The summed E-state index contributed by atoms with van der Waals surface area (Å²) >= 11 is 0. The smallest absolute Gasteiger partial charge is 0.186 e. The van der Waals surface area contributed by atoms with Gasteiger partial charge in [-0.15, -0.1) is 13.2 Å². The van der Waals surface area contributed by atoms with E-state index in [1.54, 1.807) is 0 Å². The Morgan fingerprint density at radius 1 is 0.526 bits per heavy atom. The van der Waals surface area contributed by atoms with Gasteiger partial charge in [-0.2, -0.15) is 52.7 Å². The lowest BCUT2D eigenvalue weighted by molar-refractivity contribution is -0.389. The molecule has 0 atom stereocenters. The molecule has 0 spiro atoms. The number of halogens is 12. The van der Waals surface area contributed by atoms with Crippen molar-refractivity contribution in [1.29, 1.82) is 0 Å². The summed E-state index contributed by atoms with van der Waals surface area (Å²) in [6.45, 7) is 6.00. The van der Waals surface area contributed by atoms with E-state index in [-0.39, 0.29) is 0 Å². The third-order valence-electron chi connectivity index (χ3n) is 0.855. The Morgan fingerprint density at radius 2 is 0.684 bits per heavy atom. The van der Waals surface area contributed by atoms with E-state index in [4.69, 9.17) is 0 Å². The number of rotatable bonds is 0. The Hall–Kier alpha value is -1.36. The average Bonchev–Trinajstić information content (AvgIpc) is 2.18. The van der Waals surface area contributed by atoms with Crippen molar-refractivity contribution in [3.05, 3.63) is 25.3 Å². The van der Waals surface area contributed by atoms with Crippen LogP contribution in [0.2, 0.25) is 0 Å². The van der Waals surface area contributed by atoms with E-state index >= 15 is 0 Å². The van der Waals surface area contributed by atoms with Crippen molar-refractivity contribution < 1.29 is 52.7 Å². The Kier molecular flexibility index (Phi) is 9.52. The van der Waals surface area contributed by atoms with Crippen LogP contribution in [0.4, 0.5) is 52.7 Å². The molecule has 0 saturated heterocycles. The van der Waals surface area contributed by atoms with Gasteiger partial charge in [0, 0.05) is 0 Å². The summed E-state index contributed by atoms with van der Waals surface area (Å²) in [4.78, 5) is 0. The SMILES string of the molecule is C=C.FC(F)(F)C(F)(F)C(F)(F)F.FC(F)=C(F)F. The van der Waals surface area contributed by atoms with Crippen LogP contribution in [-0.4, -0.2) is 18.3 Å². The largest absolute Gasteiger partial charge is 0.463 e. The number of alkyl halides is 8. The number of hydrogen-bond acceptors (Lipinski definition) is 0. The van der Waals surface area contributed by atoms with Crippen LogP contribution >= 0.6 is 0 Å².